The summed E-state index contributed by atoms with van der Waals surface area (Å²) in [6.07, 6.45) is 5.60. The van der Waals surface area contributed by atoms with Crippen molar-refractivity contribution in [3.63, 3.8) is 0 Å². The second kappa shape index (κ2) is 41.9. The van der Waals surface area contributed by atoms with E-state index in [9.17, 15) is 24.0 Å². The van der Waals surface area contributed by atoms with Gasteiger partial charge in [0.2, 0.25) is 17.3 Å². The van der Waals surface area contributed by atoms with E-state index in [0.717, 1.165) is 41.4 Å². The van der Waals surface area contributed by atoms with Crippen LogP contribution in [0.2, 0.25) is 0 Å². The highest BCUT2D eigenvalue weighted by molar-refractivity contribution is 7.98. The predicted octanol–water partition coefficient (Wildman–Crippen LogP) is 15.3. The quantitative estimate of drug-likeness (QED) is 0.0470. The number of rotatable bonds is 13. The molecule has 0 saturated carbocycles. The number of aliphatic hydroxyl groups excluding tert-OH is 1. The highest BCUT2D eigenvalue weighted by Gasteiger charge is 2.20. The minimum absolute atomic E-state index is 0. The summed E-state index contributed by atoms with van der Waals surface area (Å²) >= 11 is 2.65. The van der Waals surface area contributed by atoms with Gasteiger partial charge in [-0.15, -0.1) is 0 Å². The standard InChI is InChI=1S/C18H18N2O4S.C18H15P.C10H18N2O4.C10H10N2O3S.C8H10O2.C4H8O.3CH4/c1-4-12-9-14(21)24-17-15(12)16(19-18(20-17)25-3)23-10-11-5-7-13(22-2)8-6-11;1-4-10-16(11-5-1)19(17-12-6-2-7-13-17)18-14-8-3-9-15-18;1-9(2,3)15-7(13)11-12-8(14)16-10(4,5)6;1-3-5-4-6(13)15-9-7(5)8(14)11-10(12-9)16-2;1-10-8-4-2-7(6-9)3-5-8;1-2-4-5-3-1;;;/h5-9H,4,10H2,1-3H3;1-15H;1-6H3;4H,3H2,1-2H3,(H,11,12,14);2-5,9H,6H2,1H3;1-4H2;3*1H4. The second-order valence-electron chi connectivity index (χ2n) is 21.3. The molecule has 1 aliphatic rings. The molecule has 0 atom stereocenters. The number of methoxy groups -OCH3 is 2. The summed E-state index contributed by atoms with van der Waals surface area (Å²) < 4.78 is 40.8. The number of aromatic amines is 1. The summed E-state index contributed by atoms with van der Waals surface area (Å²) in [4.78, 5) is 72.3. The first-order valence-electron chi connectivity index (χ1n) is 29.0. The van der Waals surface area contributed by atoms with Crippen LogP contribution in [0.3, 0.4) is 0 Å². The number of aliphatic hydroxyl groups is 1. The molecular weight excluding hydrogens is 1260 g/mol. The van der Waals surface area contributed by atoms with Crippen LogP contribution in [0.15, 0.2) is 195 Å². The molecule has 0 spiro atoms. The molecule has 0 unspecified atom stereocenters. The largest absolute Gasteiger partial charge is 0.497 e. The fraction of sp³-hybridized carbons (Fsp3) is 0.352. The number of aryl methyl sites for hydroxylation is 2. The summed E-state index contributed by atoms with van der Waals surface area (Å²) in [5.41, 5.74) is 1.23. The summed E-state index contributed by atoms with van der Waals surface area (Å²) in [6.45, 7) is 16.4. The molecule has 4 aromatic heterocycles. The maximum Gasteiger partial charge on any atom is 0.453 e. The summed E-state index contributed by atoms with van der Waals surface area (Å²) in [5, 5.41) is 21.0. The van der Waals surface area contributed by atoms with Gasteiger partial charge in [0.15, 0.2) is 10.3 Å². The lowest BCUT2D eigenvalue weighted by Crippen LogP contribution is -2.23. The zero-order chi connectivity index (χ0) is 66.3. The Kier molecular flexibility index (Phi) is 36.4. The number of amides is 2. The lowest BCUT2D eigenvalue weighted by molar-refractivity contribution is 0.0516. The minimum atomic E-state index is -0.918. The van der Waals surface area contributed by atoms with Gasteiger partial charge in [-0.1, -0.05) is 185 Å². The number of H-pyrrole nitrogens is 1. The first-order valence-corrected chi connectivity index (χ1v) is 32.8. The van der Waals surface area contributed by atoms with Crippen molar-refractivity contribution in [2.24, 2.45) is 10.2 Å². The Balaban J connectivity index is 0.000000398. The van der Waals surface area contributed by atoms with E-state index in [1.807, 2.05) is 68.6 Å². The van der Waals surface area contributed by atoms with Crippen molar-refractivity contribution in [2.45, 2.75) is 138 Å². The zero-order valence-corrected chi connectivity index (χ0v) is 55.9. The molecule has 20 nitrogen and oxygen atoms in total. The molecule has 1 fully saturated rings. The molecule has 0 bridgehead atoms. The van der Waals surface area contributed by atoms with Crippen LogP contribution in [0.5, 0.6) is 17.4 Å². The number of hydrogen-bond acceptors (Lipinski definition) is 19. The molecule has 506 valence electrons. The van der Waals surface area contributed by atoms with Crippen LogP contribution in [-0.4, -0.2) is 88.4 Å². The lowest BCUT2D eigenvalue weighted by Gasteiger charge is -2.18. The summed E-state index contributed by atoms with van der Waals surface area (Å²) in [6, 6.07) is 50.0. The van der Waals surface area contributed by atoms with Crippen molar-refractivity contribution in [3.05, 3.63) is 205 Å². The van der Waals surface area contributed by atoms with Crippen molar-refractivity contribution in [3.8, 4) is 17.4 Å². The van der Waals surface area contributed by atoms with Gasteiger partial charge >= 0.3 is 23.4 Å². The molecule has 5 aromatic carbocycles. The van der Waals surface area contributed by atoms with Crippen LogP contribution in [0.25, 0.3) is 22.2 Å². The van der Waals surface area contributed by atoms with Crippen LogP contribution in [0, 0.1) is 0 Å². The Hall–Kier alpha value is -8.53. The van der Waals surface area contributed by atoms with Crippen molar-refractivity contribution < 1.29 is 52.0 Å². The van der Waals surface area contributed by atoms with Crippen molar-refractivity contribution in [1.29, 1.82) is 0 Å². The summed E-state index contributed by atoms with van der Waals surface area (Å²) in [7, 11) is 2.80. The molecule has 1 aliphatic heterocycles. The molecule has 0 aliphatic carbocycles. The lowest BCUT2D eigenvalue weighted by atomic mass is 10.1. The zero-order valence-electron chi connectivity index (χ0n) is 53.3. The van der Waals surface area contributed by atoms with Crippen molar-refractivity contribution in [2.75, 3.05) is 39.9 Å². The average Bonchev–Trinajstić information content (AvgIpc) is 0.816. The van der Waals surface area contributed by atoms with Crippen LogP contribution < -0.4 is 46.9 Å². The van der Waals surface area contributed by atoms with Crippen molar-refractivity contribution >= 4 is 81.7 Å². The van der Waals surface area contributed by atoms with Crippen molar-refractivity contribution in [1.82, 2.24) is 19.9 Å². The summed E-state index contributed by atoms with van der Waals surface area (Å²) in [5.74, 6) is 2.03. The number of carbonyl (C=O) groups excluding carboxylic acids is 2. The van der Waals surface area contributed by atoms with Gasteiger partial charge in [-0.25, -0.2) is 19.2 Å². The number of fused-ring (bicyclic) bond motifs is 2. The SMILES string of the molecule is C.C.C.C1CCOC1.CC(C)(C)OC(=O)N=NC(=O)OC(C)(C)C.CCc1cc(=O)oc2nc(SC)[nH]c(=O)c12.CCc1cc(=O)oc2nc(SC)nc(OCc3ccc(OC)cc3)c12.COc1ccc(CO)cc1.c1ccc(P(c2ccccc2)c2ccccc2)cc1. The van der Waals surface area contributed by atoms with E-state index >= 15 is 0 Å². The topological polar surface area (TPSA) is 266 Å². The number of thioether (sulfide) groups is 2. The van der Waals surface area contributed by atoms with E-state index in [4.69, 9.17) is 42.4 Å². The van der Waals surface area contributed by atoms with Crippen LogP contribution >= 0.6 is 31.4 Å². The fourth-order valence-electron chi connectivity index (χ4n) is 8.01. The Morgan fingerprint density at radius 3 is 1.36 bits per heavy atom. The maximum absolute atomic E-state index is 11.8. The normalized spacial score (nSPS) is 11.3. The molecule has 2 amide bonds. The molecule has 9 aromatic rings. The van der Waals surface area contributed by atoms with Gasteiger partial charge in [-0.05, 0) is 150 Å². The van der Waals surface area contributed by atoms with E-state index in [2.05, 4.69) is 121 Å². The number of hydrogen-bond donors (Lipinski definition) is 2. The third-order valence-corrected chi connectivity index (χ3v) is 15.8. The van der Waals surface area contributed by atoms with Gasteiger partial charge < -0.3 is 47.3 Å². The molecule has 10 rings (SSSR count). The van der Waals surface area contributed by atoms with Crippen LogP contribution in [-0.2, 0) is 40.3 Å². The Morgan fingerprint density at radius 1 is 0.585 bits per heavy atom. The highest BCUT2D eigenvalue weighted by atomic mass is 32.2. The van der Waals surface area contributed by atoms with Crippen LogP contribution in [0.4, 0.5) is 9.59 Å². The van der Waals surface area contributed by atoms with E-state index < -0.39 is 42.6 Å². The van der Waals surface area contributed by atoms with Gasteiger partial charge in [-0.3, -0.25) is 4.79 Å². The van der Waals surface area contributed by atoms with E-state index in [1.54, 1.807) is 62.0 Å². The Bertz CT molecular complexity index is 3740. The number of carbonyl (C=O) groups is 2. The van der Waals surface area contributed by atoms with Crippen LogP contribution in [0.1, 0.15) is 113 Å². The second-order valence-corrected chi connectivity index (χ2v) is 25.1. The smallest absolute Gasteiger partial charge is 0.453 e. The van der Waals surface area contributed by atoms with E-state index in [1.165, 1.54) is 64.4 Å². The highest BCUT2D eigenvalue weighted by Crippen LogP contribution is 2.33. The fourth-order valence-corrected chi connectivity index (χ4v) is 11.0. The average molecular weight is 1350 g/mol. The molecule has 0 radical (unpaired) electrons. The Labute approximate surface area is 561 Å². The predicted molar refractivity (Wildman–Crippen MR) is 380 cm³/mol. The molecular formula is C71H91N6O14PS2. The van der Waals surface area contributed by atoms with E-state index in [-0.39, 0.29) is 45.9 Å². The number of nitrogens with zero attached hydrogens (tertiary/aromatic N) is 5. The monoisotopic (exact) mass is 1350 g/mol. The Morgan fingerprint density at radius 2 is 1.00 bits per heavy atom. The van der Waals surface area contributed by atoms with E-state index in [0.29, 0.717) is 52.0 Å². The van der Waals surface area contributed by atoms with Gasteiger partial charge in [-0.2, -0.15) is 15.0 Å². The molecule has 5 heterocycles. The van der Waals surface area contributed by atoms with Gasteiger partial charge in [0, 0.05) is 25.3 Å². The third kappa shape index (κ3) is 28.0. The van der Waals surface area contributed by atoms with Gasteiger partial charge in [0.05, 0.1) is 20.8 Å². The minimum Gasteiger partial charge on any atom is -0.497 e. The first-order chi connectivity index (χ1) is 43.6. The van der Waals surface area contributed by atoms with Gasteiger partial charge in [0.25, 0.3) is 5.56 Å². The number of azo groups is 1. The number of ether oxygens (including phenoxy) is 6. The van der Waals surface area contributed by atoms with Gasteiger partial charge in [0.1, 0.15) is 40.1 Å². The third-order valence-electron chi connectivity index (χ3n) is 12.2. The number of benzene rings is 5. The maximum atomic E-state index is 11.8. The first kappa shape index (κ1) is 81.6. The number of aromatic nitrogens is 4. The number of nitrogens with one attached hydrogen (secondary N) is 1. The molecule has 2 N–H and O–H groups in total. The molecule has 23 heteroatoms. The molecule has 94 heavy (non-hydrogen) atoms. The molecule has 1 saturated heterocycles.